The van der Waals surface area contributed by atoms with E-state index in [-0.39, 0.29) is 10.0 Å². The van der Waals surface area contributed by atoms with Crippen LogP contribution in [0.1, 0.15) is 5.56 Å². The van der Waals surface area contributed by atoms with E-state index >= 15 is 0 Å². The van der Waals surface area contributed by atoms with Crippen molar-refractivity contribution in [3.63, 3.8) is 0 Å². The fourth-order valence-electron chi connectivity index (χ4n) is 0.891. The quantitative estimate of drug-likeness (QED) is 0.735. The van der Waals surface area contributed by atoms with Crippen LogP contribution in [0.25, 0.3) is 0 Å². The first kappa shape index (κ1) is 10.6. The Morgan fingerprint density at radius 3 is 2.38 bits per heavy atom. The summed E-state index contributed by atoms with van der Waals surface area (Å²) >= 11 is 2.85. The van der Waals surface area contributed by atoms with E-state index in [0.717, 1.165) is 0 Å². The molecule has 0 bridgehead atoms. The summed E-state index contributed by atoms with van der Waals surface area (Å²) in [5, 5.41) is 0. The van der Waals surface area contributed by atoms with Gasteiger partial charge < -0.3 is 0 Å². The SMILES string of the molecule is Cc1cc(Br)c(F)cc1S(=O)(=O)F. The van der Waals surface area contributed by atoms with Crippen LogP contribution in [0.4, 0.5) is 8.28 Å². The molecule has 0 aliphatic rings. The highest BCUT2D eigenvalue weighted by atomic mass is 79.9. The van der Waals surface area contributed by atoms with Crippen molar-refractivity contribution in [2.45, 2.75) is 11.8 Å². The molecule has 0 spiro atoms. The first-order valence-electron chi connectivity index (χ1n) is 3.22. The zero-order chi connectivity index (χ0) is 10.2. The van der Waals surface area contributed by atoms with Crippen LogP contribution in [0.3, 0.4) is 0 Å². The molecule has 1 rings (SSSR count). The second-order valence-corrected chi connectivity index (χ2v) is 4.64. The van der Waals surface area contributed by atoms with E-state index in [2.05, 4.69) is 15.9 Å². The lowest BCUT2D eigenvalue weighted by atomic mass is 10.2. The lowest BCUT2D eigenvalue weighted by molar-refractivity contribution is 0.548. The fraction of sp³-hybridized carbons (Fsp3) is 0.143. The molecule has 0 N–H and O–H groups in total. The van der Waals surface area contributed by atoms with Crippen LogP contribution in [-0.2, 0) is 10.2 Å². The highest BCUT2D eigenvalue weighted by Gasteiger charge is 2.17. The van der Waals surface area contributed by atoms with Crippen molar-refractivity contribution >= 4 is 26.2 Å². The van der Waals surface area contributed by atoms with Gasteiger partial charge in [0.25, 0.3) is 0 Å². The van der Waals surface area contributed by atoms with Gasteiger partial charge in [0.15, 0.2) is 0 Å². The van der Waals surface area contributed by atoms with E-state index in [1.165, 1.54) is 13.0 Å². The summed E-state index contributed by atoms with van der Waals surface area (Å²) in [6.45, 7) is 1.39. The first-order chi connectivity index (χ1) is 5.82. The minimum atomic E-state index is -4.83. The van der Waals surface area contributed by atoms with Crippen LogP contribution in [0.15, 0.2) is 21.5 Å². The predicted octanol–water partition coefficient (Wildman–Crippen LogP) is 2.55. The summed E-state index contributed by atoms with van der Waals surface area (Å²) in [7, 11) is -4.83. The monoisotopic (exact) mass is 270 g/mol. The van der Waals surface area contributed by atoms with Crippen LogP contribution >= 0.6 is 15.9 Å². The Kier molecular flexibility index (Phi) is 2.72. The average molecular weight is 271 g/mol. The maximum absolute atomic E-state index is 12.8. The molecule has 0 saturated heterocycles. The largest absolute Gasteiger partial charge is 0.332 e. The summed E-state index contributed by atoms with van der Waals surface area (Å²) in [6, 6.07) is 1.86. The Bertz CT molecular complexity index is 442. The molecule has 13 heavy (non-hydrogen) atoms. The lowest BCUT2D eigenvalue weighted by Crippen LogP contribution is -1.97. The van der Waals surface area contributed by atoms with Crippen molar-refractivity contribution in [3.05, 3.63) is 28.0 Å². The number of halogens is 3. The van der Waals surface area contributed by atoms with Gasteiger partial charge in [-0.2, -0.15) is 8.42 Å². The van der Waals surface area contributed by atoms with Gasteiger partial charge in [0.1, 0.15) is 10.7 Å². The molecule has 0 aliphatic heterocycles. The fourth-order valence-corrected chi connectivity index (χ4v) is 2.04. The van der Waals surface area contributed by atoms with E-state index in [1.807, 2.05) is 0 Å². The van der Waals surface area contributed by atoms with Gasteiger partial charge in [0.05, 0.1) is 4.47 Å². The topological polar surface area (TPSA) is 34.1 Å². The van der Waals surface area contributed by atoms with Crippen molar-refractivity contribution in [2.75, 3.05) is 0 Å². The second kappa shape index (κ2) is 3.34. The Balaban J connectivity index is 3.50. The molecular formula is C7H5BrF2O2S. The number of hydrogen-bond acceptors (Lipinski definition) is 2. The van der Waals surface area contributed by atoms with Crippen molar-refractivity contribution in [2.24, 2.45) is 0 Å². The number of hydrogen-bond donors (Lipinski definition) is 0. The number of rotatable bonds is 1. The van der Waals surface area contributed by atoms with Gasteiger partial charge in [-0.1, -0.05) is 0 Å². The normalized spacial score (nSPS) is 11.7. The molecule has 0 fully saturated rings. The van der Waals surface area contributed by atoms with E-state index in [9.17, 15) is 16.7 Å². The Morgan fingerprint density at radius 1 is 1.38 bits per heavy atom. The molecule has 0 unspecified atom stereocenters. The summed E-state index contributed by atoms with van der Waals surface area (Å²) in [4.78, 5) is -0.631. The summed E-state index contributed by atoms with van der Waals surface area (Å²) in [6.07, 6.45) is 0. The van der Waals surface area contributed by atoms with Crippen LogP contribution < -0.4 is 0 Å². The van der Waals surface area contributed by atoms with Gasteiger partial charge >= 0.3 is 10.2 Å². The lowest BCUT2D eigenvalue weighted by Gasteiger charge is -2.02. The summed E-state index contributed by atoms with van der Waals surface area (Å²) in [5.74, 6) is -0.804. The van der Waals surface area contributed by atoms with E-state index < -0.39 is 20.9 Å². The van der Waals surface area contributed by atoms with Gasteiger partial charge in [0.2, 0.25) is 0 Å². The third-order valence-electron chi connectivity index (χ3n) is 1.48. The highest BCUT2D eigenvalue weighted by Crippen LogP contribution is 2.24. The van der Waals surface area contributed by atoms with Gasteiger partial charge in [-0.25, -0.2) is 4.39 Å². The molecular weight excluding hydrogens is 266 g/mol. The molecule has 0 amide bonds. The molecule has 2 nitrogen and oxygen atoms in total. The van der Waals surface area contributed by atoms with Crippen LogP contribution in [0, 0.1) is 12.7 Å². The van der Waals surface area contributed by atoms with Crippen molar-refractivity contribution in [1.29, 1.82) is 0 Å². The maximum Gasteiger partial charge on any atom is 0.332 e. The van der Waals surface area contributed by atoms with Gasteiger partial charge in [-0.15, -0.1) is 3.89 Å². The standard InChI is InChI=1S/C7H5BrF2O2S/c1-4-2-5(8)6(9)3-7(4)13(10,11)12/h2-3H,1H3. The third kappa shape index (κ3) is 2.25. The molecule has 1 aromatic carbocycles. The van der Waals surface area contributed by atoms with Crippen molar-refractivity contribution in [3.8, 4) is 0 Å². The van der Waals surface area contributed by atoms with Gasteiger partial charge in [-0.05, 0) is 40.5 Å². The van der Waals surface area contributed by atoms with Gasteiger partial charge in [-0.3, -0.25) is 0 Å². The molecule has 0 saturated carbocycles. The minimum Gasteiger partial charge on any atom is -0.206 e. The smallest absolute Gasteiger partial charge is 0.206 e. The van der Waals surface area contributed by atoms with E-state index in [0.29, 0.717) is 6.07 Å². The molecule has 0 radical (unpaired) electrons. The Labute approximate surface area is 82.9 Å². The molecule has 0 atom stereocenters. The molecule has 1 aromatic rings. The molecule has 6 heteroatoms. The number of benzene rings is 1. The molecule has 0 aliphatic carbocycles. The molecule has 72 valence electrons. The van der Waals surface area contributed by atoms with Crippen molar-refractivity contribution in [1.82, 2.24) is 0 Å². The Hall–Kier alpha value is -0.490. The minimum absolute atomic E-state index is 0.109. The molecule has 0 aromatic heterocycles. The van der Waals surface area contributed by atoms with Crippen LogP contribution in [0.5, 0.6) is 0 Å². The van der Waals surface area contributed by atoms with Gasteiger partial charge in [0, 0.05) is 0 Å². The zero-order valence-electron chi connectivity index (χ0n) is 6.51. The second-order valence-electron chi connectivity index (χ2n) is 2.47. The zero-order valence-corrected chi connectivity index (χ0v) is 8.92. The Morgan fingerprint density at radius 2 is 1.92 bits per heavy atom. The summed E-state index contributed by atoms with van der Waals surface area (Å²) in [5.41, 5.74) is 0.163. The number of aryl methyl sites for hydroxylation is 1. The van der Waals surface area contributed by atoms with Crippen LogP contribution in [0.2, 0.25) is 0 Å². The first-order valence-corrected chi connectivity index (χ1v) is 5.40. The van der Waals surface area contributed by atoms with E-state index in [1.54, 1.807) is 0 Å². The summed E-state index contributed by atoms with van der Waals surface area (Å²) < 4.78 is 46.3. The molecule has 0 heterocycles. The van der Waals surface area contributed by atoms with Crippen molar-refractivity contribution < 1.29 is 16.7 Å². The average Bonchev–Trinajstić information content (AvgIpc) is 1.94. The van der Waals surface area contributed by atoms with E-state index in [4.69, 9.17) is 0 Å². The maximum atomic E-state index is 12.8. The third-order valence-corrected chi connectivity index (χ3v) is 3.05. The van der Waals surface area contributed by atoms with Crippen LogP contribution in [-0.4, -0.2) is 8.42 Å². The predicted molar refractivity (Wildman–Crippen MR) is 47.1 cm³/mol. The highest BCUT2D eigenvalue weighted by molar-refractivity contribution is 9.10.